The molecular formula is C29H39FN4OS. The highest BCUT2D eigenvalue weighted by Gasteiger charge is 2.30. The molecule has 1 aromatic heterocycles. The summed E-state index contributed by atoms with van der Waals surface area (Å²) in [6.07, 6.45) is 7.48. The third kappa shape index (κ3) is 5.02. The highest BCUT2D eigenvalue weighted by Crippen LogP contribution is 2.36. The van der Waals surface area contributed by atoms with Crippen molar-refractivity contribution in [3.63, 3.8) is 0 Å². The van der Waals surface area contributed by atoms with Crippen molar-refractivity contribution in [2.45, 2.75) is 68.8 Å². The summed E-state index contributed by atoms with van der Waals surface area (Å²) in [4.78, 5) is 10.8. The molecule has 2 fully saturated rings. The number of likely N-dealkylation sites (tertiary alicyclic amines) is 2. The minimum atomic E-state index is -1.03. The van der Waals surface area contributed by atoms with Gasteiger partial charge in [-0.2, -0.15) is 0 Å². The van der Waals surface area contributed by atoms with E-state index in [1.807, 2.05) is 48.0 Å². The van der Waals surface area contributed by atoms with E-state index in [-0.39, 0.29) is 11.7 Å². The van der Waals surface area contributed by atoms with Crippen molar-refractivity contribution in [2.75, 3.05) is 32.4 Å². The highest BCUT2D eigenvalue weighted by molar-refractivity contribution is 7.84. The Balaban J connectivity index is 1.31. The summed E-state index contributed by atoms with van der Waals surface area (Å²) in [7, 11) is 0.862. The van der Waals surface area contributed by atoms with Crippen LogP contribution >= 0.6 is 0 Å². The molecule has 0 saturated carbocycles. The van der Waals surface area contributed by atoms with E-state index in [4.69, 9.17) is 4.98 Å². The normalized spacial score (nSPS) is 21.8. The van der Waals surface area contributed by atoms with Crippen molar-refractivity contribution in [2.24, 2.45) is 7.05 Å². The van der Waals surface area contributed by atoms with Gasteiger partial charge in [-0.25, -0.2) is 9.37 Å². The molecule has 0 N–H and O–H groups in total. The molecule has 36 heavy (non-hydrogen) atoms. The minimum absolute atomic E-state index is 0.125. The Hall–Kier alpha value is -2.09. The van der Waals surface area contributed by atoms with Crippen LogP contribution in [0.4, 0.5) is 4.39 Å². The Morgan fingerprint density at radius 1 is 0.972 bits per heavy atom. The van der Waals surface area contributed by atoms with Gasteiger partial charge >= 0.3 is 0 Å². The van der Waals surface area contributed by atoms with Crippen LogP contribution in [0.25, 0.3) is 22.4 Å². The molecule has 2 aliphatic heterocycles. The second kappa shape index (κ2) is 10.7. The van der Waals surface area contributed by atoms with Crippen molar-refractivity contribution >= 4 is 21.8 Å². The standard InChI is InChI=1S/C29H39FN4OS/c1-20(2)33-16-5-6-23(15-19-33)34-17-13-21(14-18-34)25-11-12-26-28(27(25)30)32(3)29(31-26)22-7-9-24(10-8-22)36(4)35/h7-12,20-21,23H,5-6,13-19H2,1-4H3. The zero-order chi connectivity index (χ0) is 25.4. The molecule has 194 valence electrons. The first-order valence-corrected chi connectivity index (χ1v) is 15.0. The molecule has 0 aliphatic carbocycles. The molecule has 0 bridgehead atoms. The van der Waals surface area contributed by atoms with E-state index >= 15 is 4.39 Å². The molecule has 2 atom stereocenters. The van der Waals surface area contributed by atoms with Crippen molar-refractivity contribution in [1.82, 2.24) is 19.4 Å². The zero-order valence-electron chi connectivity index (χ0n) is 22.0. The van der Waals surface area contributed by atoms with Crippen LogP contribution in [0.2, 0.25) is 0 Å². The van der Waals surface area contributed by atoms with Crippen LogP contribution in [0.15, 0.2) is 41.3 Å². The molecule has 7 heteroatoms. The minimum Gasteiger partial charge on any atom is -0.325 e. The van der Waals surface area contributed by atoms with Crippen molar-refractivity contribution in [3.05, 3.63) is 47.8 Å². The zero-order valence-corrected chi connectivity index (χ0v) is 22.9. The fourth-order valence-corrected chi connectivity index (χ4v) is 6.72. The lowest BCUT2D eigenvalue weighted by Crippen LogP contribution is -2.41. The number of aryl methyl sites for hydroxylation is 1. The Morgan fingerprint density at radius 2 is 1.69 bits per heavy atom. The number of imidazole rings is 1. The van der Waals surface area contributed by atoms with Gasteiger partial charge in [0.2, 0.25) is 0 Å². The second-order valence-electron chi connectivity index (χ2n) is 10.8. The molecule has 0 amide bonds. The Morgan fingerprint density at radius 3 is 2.36 bits per heavy atom. The molecule has 2 aliphatic rings. The van der Waals surface area contributed by atoms with Crippen LogP contribution in [0.5, 0.6) is 0 Å². The van der Waals surface area contributed by atoms with Gasteiger partial charge in [0, 0.05) is 46.6 Å². The monoisotopic (exact) mass is 510 g/mol. The smallest absolute Gasteiger partial charge is 0.152 e. The maximum Gasteiger partial charge on any atom is 0.152 e. The number of benzene rings is 2. The van der Waals surface area contributed by atoms with E-state index in [1.165, 1.54) is 32.4 Å². The molecular weight excluding hydrogens is 471 g/mol. The maximum atomic E-state index is 15.9. The van der Waals surface area contributed by atoms with Gasteiger partial charge in [0.1, 0.15) is 11.3 Å². The van der Waals surface area contributed by atoms with Gasteiger partial charge in [0.05, 0.1) is 5.52 Å². The second-order valence-corrected chi connectivity index (χ2v) is 12.2. The number of hydrogen-bond acceptors (Lipinski definition) is 4. The Labute approximate surface area is 217 Å². The van der Waals surface area contributed by atoms with E-state index in [2.05, 4.69) is 23.6 Å². The highest BCUT2D eigenvalue weighted by atomic mass is 32.2. The van der Waals surface area contributed by atoms with Crippen LogP contribution in [-0.4, -0.2) is 68.1 Å². The summed E-state index contributed by atoms with van der Waals surface area (Å²) in [5.41, 5.74) is 2.99. The average Bonchev–Trinajstić information content (AvgIpc) is 3.04. The van der Waals surface area contributed by atoms with Gasteiger partial charge in [0.25, 0.3) is 0 Å². The summed E-state index contributed by atoms with van der Waals surface area (Å²) >= 11 is 0. The summed E-state index contributed by atoms with van der Waals surface area (Å²) in [5, 5.41) is 0. The molecule has 5 nitrogen and oxygen atoms in total. The van der Waals surface area contributed by atoms with Crippen LogP contribution in [0.3, 0.4) is 0 Å². The number of hydrogen-bond donors (Lipinski definition) is 0. The van der Waals surface area contributed by atoms with Crippen molar-refractivity contribution in [3.8, 4) is 11.4 Å². The van der Waals surface area contributed by atoms with E-state index in [0.717, 1.165) is 47.8 Å². The summed E-state index contributed by atoms with van der Waals surface area (Å²) < 4.78 is 29.5. The maximum absolute atomic E-state index is 15.9. The SMILES string of the molecule is CC(C)N1CCCC(N2CCC(c3ccc4nc(-c5ccc(S(C)=O)cc5)n(C)c4c3F)CC2)CC1. The van der Waals surface area contributed by atoms with Gasteiger partial charge in [-0.05, 0) is 102 Å². The van der Waals surface area contributed by atoms with Gasteiger partial charge in [-0.15, -0.1) is 0 Å². The molecule has 2 aromatic carbocycles. The number of piperidine rings is 1. The topological polar surface area (TPSA) is 41.4 Å². The predicted molar refractivity (Wildman–Crippen MR) is 146 cm³/mol. The first-order chi connectivity index (χ1) is 17.3. The van der Waals surface area contributed by atoms with Crippen molar-refractivity contribution < 1.29 is 8.60 Å². The van der Waals surface area contributed by atoms with Crippen molar-refractivity contribution in [1.29, 1.82) is 0 Å². The van der Waals surface area contributed by atoms with E-state index in [9.17, 15) is 4.21 Å². The average molecular weight is 511 g/mol. The third-order valence-electron chi connectivity index (χ3n) is 8.40. The summed E-state index contributed by atoms with van der Waals surface area (Å²) in [5.74, 6) is 0.856. The Bertz CT molecular complexity index is 1230. The van der Waals surface area contributed by atoms with Gasteiger partial charge < -0.3 is 14.4 Å². The van der Waals surface area contributed by atoms with Crippen LogP contribution < -0.4 is 0 Å². The molecule has 2 saturated heterocycles. The fourth-order valence-electron chi connectivity index (χ4n) is 6.20. The number of fused-ring (bicyclic) bond motifs is 1. The number of rotatable bonds is 5. The van der Waals surface area contributed by atoms with Gasteiger partial charge in [0.15, 0.2) is 5.82 Å². The number of halogens is 1. The molecule has 3 aromatic rings. The first kappa shape index (κ1) is 25.6. The summed E-state index contributed by atoms with van der Waals surface area (Å²) in [6, 6.07) is 12.8. The van der Waals surface area contributed by atoms with Gasteiger partial charge in [-0.3, -0.25) is 4.21 Å². The fraction of sp³-hybridized carbons (Fsp3) is 0.552. The third-order valence-corrected chi connectivity index (χ3v) is 9.33. The summed E-state index contributed by atoms with van der Waals surface area (Å²) in [6.45, 7) is 9.11. The molecule has 0 spiro atoms. The van der Waals surface area contributed by atoms with E-state index in [0.29, 0.717) is 23.1 Å². The number of nitrogens with zero attached hydrogens (tertiary/aromatic N) is 4. The predicted octanol–water partition coefficient (Wildman–Crippen LogP) is 5.56. The molecule has 5 rings (SSSR count). The van der Waals surface area contributed by atoms with Crippen LogP contribution in [0, 0.1) is 5.82 Å². The molecule has 0 radical (unpaired) electrons. The Kier molecular flexibility index (Phi) is 7.61. The number of aromatic nitrogens is 2. The quantitative estimate of drug-likeness (QED) is 0.451. The lowest BCUT2D eigenvalue weighted by Gasteiger charge is -2.37. The van der Waals surface area contributed by atoms with Crippen LogP contribution in [0.1, 0.15) is 57.4 Å². The first-order valence-electron chi connectivity index (χ1n) is 13.4. The lowest BCUT2D eigenvalue weighted by molar-refractivity contribution is 0.135. The lowest BCUT2D eigenvalue weighted by atomic mass is 9.87. The van der Waals surface area contributed by atoms with Crippen LogP contribution in [-0.2, 0) is 17.8 Å². The van der Waals surface area contributed by atoms with E-state index in [1.54, 1.807) is 6.26 Å². The van der Waals surface area contributed by atoms with Gasteiger partial charge in [-0.1, -0.05) is 18.2 Å². The largest absolute Gasteiger partial charge is 0.325 e. The van der Waals surface area contributed by atoms with E-state index < -0.39 is 10.8 Å². The molecule has 2 unspecified atom stereocenters. The molecule has 3 heterocycles.